The van der Waals surface area contributed by atoms with Crippen LogP contribution in [0.15, 0.2) is 9.59 Å². The molecule has 98 valence electrons. The van der Waals surface area contributed by atoms with E-state index in [0.717, 1.165) is 5.82 Å². The lowest BCUT2D eigenvalue weighted by atomic mass is 10.4. The molecule has 7 heteroatoms. The molecule has 0 aliphatic rings. The number of imidazole rings is 1. The molecule has 0 aliphatic carbocycles. The van der Waals surface area contributed by atoms with E-state index >= 15 is 0 Å². The fourth-order valence-electron chi connectivity index (χ4n) is 2.06. The molecule has 0 amide bonds. The van der Waals surface area contributed by atoms with Crippen LogP contribution in [-0.4, -0.2) is 26.1 Å². The molecule has 2 heterocycles. The van der Waals surface area contributed by atoms with Crippen LogP contribution in [0.2, 0.25) is 0 Å². The Hall–Kier alpha value is -1.89. The Morgan fingerprint density at radius 1 is 1.39 bits per heavy atom. The van der Waals surface area contributed by atoms with Crippen molar-refractivity contribution >= 4 is 11.2 Å². The number of hydrogen-bond acceptors (Lipinski definition) is 4. The molecule has 18 heavy (non-hydrogen) atoms. The van der Waals surface area contributed by atoms with Gasteiger partial charge in [0.1, 0.15) is 5.82 Å². The predicted molar refractivity (Wildman–Crippen MR) is 68.7 cm³/mol. The largest absolute Gasteiger partial charge is 0.330 e. The van der Waals surface area contributed by atoms with E-state index in [0.29, 0.717) is 17.7 Å². The summed E-state index contributed by atoms with van der Waals surface area (Å²) in [7, 11) is 3.57. The number of aryl methyl sites for hydroxylation is 1. The monoisotopic (exact) mass is 251 g/mol. The SMILES string of the molecule is CNCc1nc2c(c(=O)[nH]c(=O)n2C(C)C)n1C. The molecule has 0 aromatic carbocycles. The summed E-state index contributed by atoms with van der Waals surface area (Å²) >= 11 is 0. The van der Waals surface area contributed by atoms with Crippen molar-refractivity contribution in [2.45, 2.75) is 26.4 Å². The van der Waals surface area contributed by atoms with E-state index in [2.05, 4.69) is 15.3 Å². The summed E-state index contributed by atoms with van der Waals surface area (Å²) in [4.78, 5) is 30.4. The molecule has 0 atom stereocenters. The number of rotatable bonds is 3. The quantitative estimate of drug-likeness (QED) is 0.786. The van der Waals surface area contributed by atoms with Crippen LogP contribution in [0.5, 0.6) is 0 Å². The molecule has 2 rings (SSSR count). The van der Waals surface area contributed by atoms with Crippen molar-refractivity contribution in [3.8, 4) is 0 Å². The summed E-state index contributed by atoms with van der Waals surface area (Å²) in [6, 6.07) is -0.0609. The summed E-state index contributed by atoms with van der Waals surface area (Å²) in [6.45, 7) is 4.30. The third-order valence-electron chi connectivity index (χ3n) is 2.90. The van der Waals surface area contributed by atoms with Crippen molar-refractivity contribution in [2.75, 3.05) is 7.05 Å². The fraction of sp³-hybridized carbons (Fsp3) is 0.545. The fourth-order valence-corrected chi connectivity index (χ4v) is 2.06. The molecular formula is C11H17N5O2. The van der Waals surface area contributed by atoms with Crippen LogP contribution < -0.4 is 16.6 Å². The summed E-state index contributed by atoms with van der Waals surface area (Å²) in [5, 5.41) is 2.99. The Bertz CT molecular complexity index is 692. The van der Waals surface area contributed by atoms with Crippen LogP contribution in [0.25, 0.3) is 11.2 Å². The van der Waals surface area contributed by atoms with Crippen molar-refractivity contribution < 1.29 is 0 Å². The molecule has 0 radical (unpaired) electrons. The van der Waals surface area contributed by atoms with Gasteiger partial charge in [-0.05, 0) is 20.9 Å². The number of aromatic nitrogens is 4. The lowest BCUT2D eigenvalue weighted by molar-refractivity contribution is 0.579. The minimum Gasteiger partial charge on any atom is -0.324 e. The highest BCUT2D eigenvalue weighted by Gasteiger charge is 2.17. The van der Waals surface area contributed by atoms with E-state index in [1.54, 1.807) is 18.7 Å². The molecule has 0 spiro atoms. The van der Waals surface area contributed by atoms with Gasteiger partial charge >= 0.3 is 5.69 Å². The second-order valence-corrected chi connectivity index (χ2v) is 4.51. The van der Waals surface area contributed by atoms with Crippen LogP contribution in [0.4, 0.5) is 0 Å². The minimum atomic E-state index is -0.420. The van der Waals surface area contributed by atoms with Gasteiger partial charge in [-0.1, -0.05) is 0 Å². The lowest BCUT2D eigenvalue weighted by Gasteiger charge is -2.09. The Kier molecular flexibility index (Phi) is 3.08. The zero-order valence-electron chi connectivity index (χ0n) is 10.9. The molecular weight excluding hydrogens is 234 g/mol. The van der Waals surface area contributed by atoms with Crippen LogP contribution in [-0.2, 0) is 13.6 Å². The number of nitrogens with zero attached hydrogens (tertiary/aromatic N) is 3. The average molecular weight is 251 g/mol. The molecule has 0 unspecified atom stereocenters. The van der Waals surface area contributed by atoms with Crippen LogP contribution >= 0.6 is 0 Å². The Morgan fingerprint density at radius 2 is 2.06 bits per heavy atom. The van der Waals surface area contributed by atoms with Crippen molar-refractivity contribution in [3.05, 3.63) is 26.7 Å². The number of nitrogens with one attached hydrogen (secondary N) is 2. The molecule has 2 aromatic heterocycles. The van der Waals surface area contributed by atoms with Gasteiger partial charge in [0.15, 0.2) is 11.2 Å². The van der Waals surface area contributed by atoms with Gasteiger partial charge in [0.25, 0.3) is 5.56 Å². The second kappa shape index (κ2) is 4.41. The van der Waals surface area contributed by atoms with Gasteiger partial charge in [-0.3, -0.25) is 14.3 Å². The lowest BCUT2D eigenvalue weighted by Crippen LogP contribution is -2.31. The zero-order valence-corrected chi connectivity index (χ0v) is 10.9. The minimum absolute atomic E-state index is 0.0609. The van der Waals surface area contributed by atoms with Gasteiger partial charge < -0.3 is 9.88 Å². The molecule has 0 aliphatic heterocycles. The second-order valence-electron chi connectivity index (χ2n) is 4.51. The topological polar surface area (TPSA) is 84.7 Å². The van der Waals surface area contributed by atoms with E-state index in [1.807, 2.05) is 13.8 Å². The van der Waals surface area contributed by atoms with E-state index in [-0.39, 0.29) is 6.04 Å². The highest BCUT2D eigenvalue weighted by Crippen LogP contribution is 2.12. The third kappa shape index (κ3) is 1.76. The maximum absolute atomic E-state index is 11.9. The Morgan fingerprint density at radius 3 is 2.61 bits per heavy atom. The van der Waals surface area contributed by atoms with Crippen molar-refractivity contribution in [1.29, 1.82) is 0 Å². The Labute approximate surface area is 103 Å². The maximum Gasteiger partial charge on any atom is 0.330 e. The average Bonchev–Trinajstić information content (AvgIpc) is 2.56. The molecule has 2 N–H and O–H groups in total. The van der Waals surface area contributed by atoms with Gasteiger partial charge in [-0.25, -0.2) is 9.78 Å². The van der Waals surface area contributed by atoms with E-state index < -0.39 is 11.2 Å². The number of H-pyrrole nitrogens is 1. The van der Waals surface area contributed by atoms with Gasteiger partial charge in [0.2, 0.25) is 0 Å². The molecule has 0 saturated carbocycles. The first kappa shape index (κ1) is 12.6. The number of aromatic amines is 1. The van der Waals surface area contributed by atoms with Gasteiger partial charge in [0.05, 0.1) is 6.54 Å². The Balaban J connectivity index is 2.91. The normalized spacial score (nSPS) is 11.6. The first-order valence-electron chi connectivity index (χ1n) is 5.82. The molecule has 2 aromatic rings. The summed E-state index contributed by atoms with van der Waals surface area (Å²) < 4.78 is 3.21. The first-order chi connectivity index (χ1) is 8.47. The smallest absolute Gasteiger partial charge is 0.324 e. The van der Waals surface area contributed by atoms with Crippen LogP contribution in [0.1, 0.15) is 25.7 Å². The summed E-state index contributed by atoms with van der Waals surface area (Å²) in [5.41, 5.74) is 0.0425. The predicted octanol–water partition coefficient (Wildman–Crippen LogP) is -0.276. The van der Waals surface area contributed by atoms with E-state index in [1.165, 1.54) is 4.57 Å². The summed E-state index contributed by atoms with van der Waals surface area (Å²) in [5.74, 6) is 0.720. The molecule has 0 bridgehead atoms. The highest BCUT2D eigenvalue weighted by atomic mass is 16.2. The molecule has 0 fully saturated rings. The maximum atomic E-state index is 11.9. The van der Waals surface area contributed by atoms with E-state index in [4.69, 9.17) is 0 Å². The van der Waals surface area contributed by atoms with Crippen LogP contribution in [0.3, 0.4) is 0 Å². The van der Waals surface area contributed by atoms with Crippen LogP contribution in [0, 0.1) is 0 Å². The van der Waals surface area contributed by atoms with Crippen molar-refractivity contribution in [1.82, 2.24) is 24.4 Å². The van der Waals surface area contributed by atoms with Gasteiger partial charge in [-0.15, -0.1) is 0 Å². The van der Waals surface area contributed by atoms with Crippen molar-refractivity contribution in [2.24, 2.45) is 7.05 Å². The zero-order chi connectivity index (χ0) is 13.4. The van der Waals surface area contributed by atoms with Gasteiger partial charge in [0, 0.05) is 13.1 Å². The number of fused-ring (bicyclic) bond motifs is 1. The number of hydrogen-bond donors (Lipinski definition) is 2. The molecule has 0 saturated heterocycles. The first-order valence-corrected chi connectivity index (χ1v) is 5.82. The van der Waals surface area contributed by atoms with Crippen molar-refractivity contribution in [3.63, 3.8) is 0 Å². The molecule has 7 nitrogen and oxygen atoms in total. The third-order valence-corrected chi connectivity index (χ3v) is 2.90. The van der Waals surface area contributed by atoms with E-state index in [9.17, 15) is 9.59 Å². The summed E-state index contributed by atoms with van der Waals surface area (Å²) in [6.07, 6.45) is 0. The van der Waals surface area contributed by atoms with Gasteiger partial charge in [-0.2, -0.15) is 0 Å². The highest BCUT2D eigenvalue weighted by molar-refractivity contribution is 5.70. The standard InChI is InChI=1S/C11H17N5O2/c1-6(2)16-9-8(10(17)14-11(16)18)15(4)7(13-9)5-12-3/h6,12H,5H2,1-4H3,(H,14,17,18).